The van der Waals surface area contributed by atoms with Crippen LogP contribution in [0.2, 0.25) is 0 Å². The Hall–Kier alpha value is -1.39. The van der Waals surface area contributed by atoms with Gasteiger partial charge in [-0.2, -0.15) is 0 Å². The summed E-state index contributed by atoms with van der Waals surface area (Å²) in [4.78, 5) is 18.5. The van der Waals surface area contributed by atoms with Crippen molar-refractivity contribution in [2.24, 2.45) is 0 Å². The Labute approximate surface area is 127 Å². The number of rotatable bonds is 4. The molecule has 0 saturated heterocycles. The Morgan fingerprint density at radius 3 is 2.65 bits per heavy atom. The van der Waals surface area contributed by atoms with Crippen LogP contribution in [0.25, 0.3) is 10.6 Å². The van der Waals surface area contributed by atoms with Gasteiger partial charge in [0.2, 0.25) is 0 Å². The molecule has 1 fully saturated rings. The van der Waals surface area contributed by atoms with Gasteiger partial charge < -0.3 is 4.90 Å². The fraction of sp³-hybridized carbons (Fsp3) is 0.333. The second-order valence-corrected chi connectivity index (χ2v) is 6.13. The van der Waals surface area contributed by atoms with Gasteiger partial charge in [-0.25, -0.2) is 4.98 Å². The van der Waals surface area contributed by atoms with Crippen molar-refractivity contribution in [3.05, 3.63) is 40.9 Å². The van der Waals surface area contributed by atoms with Crippen LogP contribution in [0, 0.1) is 0 Å². The number of benzene rings is 1. The third-order valence-corrected chi connectivity index (χ3v) is 4.70. The average Bonchev–Trinajstić information content (AvgIpc) is 3.23. The van der Waals surface area contributed by atoms with Crippen molar-refractivity contribution in [2.75, 3.05) is 7.05 Å². The van der Waals surface area contributed by atoms with Gasteiger partial charge in [-0.05, 0) is 25.0 Å². The summed E-state index contributed by atoms with van der Waals surface area (Å²) in [5, 5.41) is 2.90. The van der Waals surface area contributed by atoms with Crippen LogP contribution in [0.15, 0.2) is 29.6 Å². The van der Waals surface area contributed by atoms with Gasteiger partial charge in [0.1, 0.15) is 5.01 Å². The smallest absolute Gasteiger partial charge is 0.253 e. The predicted octanol–water partition coefficient (Wildman–Crippen LogP) is 3.78. The summed E-state index contributed by atoms with van der Waals surface area (Å²) in [7, 11) is 1.88. The summed E-state index contributed by atoms with van der Waals surface area (Å²) in [5.41, 5.74) is 2.65. The minimum absolute atomic E-state index is 0.0969. The van der Waals surface area contributed by atoms with Gasteiger partial charge in [-0.15, -0.1) is 22.9 Å². The maximum atomic E-state index is 12.2. The van der Waals surface area contributed by atoms with Crippen LogP contribution in [0.3, 0.4) is 0 Å². The fourth-order valence-corrected chi connectivity index (χ4v) is 3.14. The second kappa shape index (κ2) is 5.54. The van der Waals surface area contributed by atoms with E-state index in [1.165, 1.54) is 0 Å². The van der Waals surface area contributed by atoms with Crippen molar-refractivity contribution >= 4 is 28.8 Å². The number of hydrogen-bond donors (Lipinski definition) is 0. The third kappa shape index (κ3) is 2.72. The van der Waals surface area contributed by atoms with Crippen LogP contribution >= 0.6 is 22.9 Å². The SMILES string of the molecule is CN(C(=O)c1ccc(-c2nc(CCl)cs2)cc1)C1CC1. The minimum atomic E-state index is 0.0969. The molecule has 1 amide bonds. The Morgan fingerprint density at radius 1 is 1.40 bits per heavy atom. The lowest BCUT2D eigenvalue weighted by Gasteiger charge is -2.16. The molecule has 0 bridgehead atoms. The molecule has 5 heteroatoms. The summed E-state index contributed by atoms with van der Waals surface area (Å²) >= 11 is 7.33. The molecule has 0 atom stereocenters. The normalized spacial score (nSPS) is 14.3. The lowest BCUT2D eigenvalue weighted by atomic mass is 10.1. The molecular weight excluding hydrogens is 292 g/mol. The highest BCUT2D eigenvalue weighted by molar-refractivity contribution is 7.13. The zero-order valence-electron chi connectivity index (χ0n) is 11.2. The van der Waals surface area contributed by atoms with Crippen molar-refractivity contribution in [3.8, 4) is 10.6 Å². The highest BCUT2D eigenvalue weighted by atomic mass is 35.5. The Morgan fingerprint density at radius 2 is 2.10 bits per heavy atom. The van der Waals surface area contributed by atoms with Crippen molar-refractivity contribution in [1.29, 1.82) is 0 Å². The molecule has 3 rings (SSSR count). The van der Waals surface area contributed by atoms with Gasteiger partial charge in [0, 0.05) is 29.6 Å². The molecule has 1 aromatic carbocycles. The molecule has 1 saturated carbocycles. The molecule has 20 heavy (non-hydrogen) atoms. The van der Waals surface area contributed by atoms with E-state index in [4.69, 9.17) is 11.6 Å². The monoisotopic (exact) mass is 306 g/mol. The van der Waals surface area contributed by atoms with E-state index < -0.39 is 0 Å². The fourth-order valence-electron chi connectivity index (χ4n) is 2.09. The summed E-state index contributed by atoms with van der Waals surface area (Å²) in [6.07, 6.45) is 2.25. The number of alkyl halides is 1. The van der Waals surface area contributed by atoms with Gasteiger partial charge in [-0.1, -0.05) is 12.1 Å². The minimum Gasteiger partial charge on any atom is -0.339 e. The van der Waals surface area contributed by atoms with Crippen LogP contribution in [-0.2, 0) is 5.88 Å². The van der Waals surface area contributed by atoms with Gasteiger partial charge >= 0.3 is 0 Å². The zero-order valence-corrected chi connectivity index (χ0v) is 12.7. The lowest BCUT2D eigenvalue weighted by Crippen LogP contribution is -2.28. The number of carbonyl (C=O) groups is 1. The average molecular weight is 307 g/mol. The van der Waals surface area contributed by atoms with Crippen LogP contribution in [0.5, 0.6) is 0 Å². The van der Waals surface area contributed by atoms with Gasteiger partial charge in [0.15, 0.2) is 0 Å². The van der Waals surface area contributed by atoms with E-state index in [-0.39, 0.29) is 5.91 Å². The van der Waals surface area contributed by atoms with E-state index in [1.54, 1.807) is 11.3 Å². The number of aromatic nitrogens is 1. The first-order chi connectivity index (χ1) is 9.69. The summed E-state index contributed by atoms with van der Waals surface area (Å²) in [6.45, 7) is 0. The van der Waals surface area contributed by atoms with E-state index in [0.29, 0.717) is 11.9 Å². The van der Waals surface area contributed by atoms with E-state index in [2.05, 4.69) is 4.98 Å². The largest absolute Gasteiger partial charge is 0.339 e. The van der Waals surface area contributed by atoms with Gasteiger partial charge in [0.05, 0.1) is 11.6 Å². The Kier molecular flexibility index (Phi) is 3.76. The second-order valence-electron chi connectivity index (χ2n) is 5.00. The molecule has 0 unspecified atom stereocenters. The molecule has 1 aliphatic rings. The zero-order chi connectivity index (χ0) is 14.1. The standard InChI is InChI=1S/C15H15ClN2OS/c1-18(13-6-7-13)15(19)11-4-2-10(3-5-11)14-17-12(8-16)9-20-14/h2-5,9,13H,6-8H2,1H3. The maximum absolute atomic E-state index is 12.2. The number of halogens is 1. The highest BCUT2D eigenvalue weighted by Crippen LogP contribution is 2.28. The maximum Gasteiger partial charge on any atom is 0.253 e. The van der Waals surface area contributed by atoms with E-state index in [1.807, 2.05) is 41.6 Å². The van der Waals surface area contributed by atoms with Crippen LogP contribution in [0.4, 0.5) is 0 Å². The molecule has 0 N–H and O–H groups in total. The first-order valence-electron chi connectivity index (χ1n) is 6.57. The topological polar surface area (TPSA) is 33.2 Å². The number of nitrogens with zero attached hydrogens (tertiary/aromatic N) is 2. The first-order valence-corrected chi connectivity index (χ1v) is 7.98. The van der Waals surface area contributed by atoms with Crippen molar-refractivity contribution in [1.82, 2.24) is 9.88 Å². The Bertz CT molecular complexity index is 619. The number of thiazole rings is 1. The molecule has 1 heterocycles. The van der Waals surface area contributed by atoms with Crippen molar-refractivity contribution < 1.29 is 4.79 Å². The quantitative estimate of drug-likeness (QED) is 0.805. The summed E-state index contributed by atoms with van der Waals surface area (Å²) in [6, 6.07) is 8.08. The van der Waals surface area contributed by atoms with Gasteiger partial charge in [0.25, 0.3) is 5.91 Å². The first kappa shape index (κ1) is 13.6. The van der Waals surface area contributed by atoms with Crippen molar-refractivity contribution in [2.45, 2.75) is 24.8 Å². The van der Waals surface area contributed by atoms with Crippen molar-refractivity contribution in [3.63, 3.8) is 0 Å². The van der Waals surface area contributed by atoms with Crippen LogP contribution < -0.4 is 0 Å². The number of amides is 1. The summed E-state index contributed by atoms with van der Waals surface area (Å²) < 4.78 is 0. The van der Waals surface area contributed by atoms with E-state index in [0.717, 1.165) is 34.7 Å². The molecule has 104 valence electrons. The molecule has 0 spiro atoms. The van der Waals surface area contributed by atoms with Gasteiger partial charge in [-0.3, -0.25) is 4.79 Å². The Balaban J connectivity index is 1.78. The molecule has 1 aliphatic carbocycles. The summed E-state index contributed by atoms with van der Waals surface area (Å²) in [5.74, 6) is 0.527. The third-order valence-electron chi connectivity index (χ3n) is 3.48. The van der Waals surface area contributed by atoms with Crippen LogP contribution in [-0.4, -0.2) is 28.9 Å². The molecular formula is C15H15ClN2OS. The number of hydrogen-bond acceptors (Lipinski definition) is 3. The van der Waals surface area contributed by atoms with Crippen LogP contribution in [0.1, 0.15) is 28.9 Å². The lowest BCUT2D eigenvalue weighted by molar-refractivity contribution is 0.0785. The number of carbonyl (C=O) groups excluding carboxylic acids is 1. The highest BCUT2D eigenvalue weighted by Gasteiger charge is 2.29. The van der Waals surface area contributed by atoms with E-state index in [9.17, 15) is 4.79 Å². The molecule has 1 aromatic heterocycles. The molecule has 2 aromatic rings. The molecule has 0 aliphatic heterocycles. The molecule has 0 radical (unpaired) electrons. The molecule has 3 nitrogen and oxygen atoms in total. The predicted molar refractivity (Wildman–Crippen MR) is 82.2 cm³/mol. The van der Waals surface area contributed by atoms with E-state index >= 15 is 0 Å².